The zero-order valence-electron chi connectivity index (χ0n) is 30.6. The maximum Gasteiger partial charge on any atom is 0.352 e. The van der Waals surface area contributed by atoms with Crippen molar-refractivity contribution in [3.63, 3.8) is 0 Å². The molecule has 8 nitrogen and oxygen atoms in total. The minimum absolute atomic E-state index is 0.000206. The zero-order valence-corrected chi connectivity index (χ0v) is 32.4. The topological polar surface area (TPSA) is 115 Å². The van der Waals surface area contributed by atoms with Crippen molar-refractivity contribution in [2.45, 2.75) is 31.5 Å². The number of hydrogen-bond donors (Lipinski definition) is 3. The number of hydrogen-bond acceptors (Lipinski definition) is 8. The molecule has 8 rings (SSSR count). The monoisotopic (exact) mass is 773 g/mol. The first kappa shape index (κ1) is 37.0. The van der Waals surface area contributed by atoms with Crippen molar-refractivity contribution in [3.05, 3.63) is 157 Å². The molecule has 6 aromatic rings. The van der Waals surface area contributed by atoms with E-state index in [1.807, 2.05) is 140 Å². The van der Waals surface area contributed by atoms with Crippen molar-refractivity contribution in [1.82, 2.24) is 0 Å². The zero-order chi connectivity index (χ0) is 38.2. The number of aliphatic hydroxyl groups excluding tert-OH is 2. The number of fused-ring (bicyclic) bond motifs is 6. The lowest BCUT2D eigenvalue weighted by Gasteiger charge is -2.30. The van der Waals surface area contributed by atoms with E-state index in [2.05, 4.69) is 13.8 Å². The van der Waals surface area contributed by atoms with E-state index < -0.39 is 27.3 Å². The summed E-state index contributed by atoms with van der Waals surface area (Å²) in [6, 6.07) is 45.8. The SMILES string of the molecule is CC(C)(c1ccc(OCC(O)CP2(=O)Oc3ccccc3-c3ccccc32)cc1)c1ccc(OCC(O)C[P+]2(O)Oc3ccccc3-c3ccccc32)cc1. The van der Waals surface area contributed by atoms with E-state index in [0.29, 0.717) is 28.3 Å². The Labute approximate surface area is 321 Å². The second-order valence-electron chi connectivity index (χ2n) is 14.6. The second-order valence-corrected chi connectivity index (χ2v) is 19.4. The van der Waals surface area contributed by atoms with Crippen LogP contribution in [0.1, 0.15) is 25.0 Å². The summed E-state index contributed by atoms with van der Waals surface area (Å²) < 4.78 is 38.2. The third-order valence-corrected chi connectivity index (χ3v) is 15.4. The van der Waals surface area contributed by atoms with Crippen LogP contribution in [0.2, 0.25) is 0 Å². The van der Waals surface area contributed by atoms with Gasteiger partial charge in [-0.1, -0.05) is 111 Å². The normalized spacial score (nSPS) is 19.3. The predicted molar refractivity (Wildman–Crippen MR) is 219 cm³/mol. The maximum atomic E-state index is 14.1. The van der Waals surface area contributed by atoms with Crippen LogP contribution in [-0.4, -0.2) is 52.9 Å². The Kier molecular flexibility index (Phi) is 10.1. The van der Waals surface area contributed by atoms with Gasteiger partial charge in [0.15, 0.2) is 17.2 Å². The fourth-order valence-corrected chi connectivity index (χ4v) is 12.2. The number of aliphatic hydroxyl groups is 2. The van der Waals surface area contributed by atoms with Crippen molar-refractivity contribution in [2.75, 3.05) is 25.5 Å². The molecule has 3 N–H and O–H groups in total. The molecule has 0 radical (unpaired) electrons. The first-order chi connectivity index (χ1) is 26.5. The van der Waals surface area contributed by atoms with Gasteiger partial charge in [0.05, 0.1) is 17.6 Å². The average Bonchev–Trinajstić information content (AvgIpc) is 3.20. The van der Waals surface area contributed by atoms with Gasteiger partial charge in [0.25, 0.3) is 7.37 Å². The van der Waals surface area contributed by atoms with Gasteiger partial charge >= 0.3 is 7.72 Å². The molecule has 0 saturated carbocycles. The summed E-state index contributed by atoms with van der Waals surface area (Å²) in [6.45, 7) is 4.23. The van der Waals surface area contributed by atoms with Crippen LogP contribution in [0.25, 0.3) is 22.3 Å². The smallest absolute Gasteiger partial charge is 0.352 e. The minimum atomic E-state index is -3.39. The van der Waals surface area contributed by atoms with Gasteiger partial charge in [0.1, 0.15) is 36.6 Å². The van der Waals surface area contributed by atoms with Gasteiger partial charge in [0, 0.05) is 22.1 Å². The second kappa shape index (κ2) is 15.0. The van der Waals surface area contributed by atoms with Crippen LogP contribution in [0.15, 0.2) is 146 Å². The Bertz CT molecular complexity index is 2360. The lowest BCUT2D eigenvalue weighted by atomic mass is 9.78. The van der Waals surface area contributed by atoms with Gasteiger partial charge in [0.2, 0.25) is 0 Å². The third kappa shape index (κ3) is 7.41. The van der Waals surface area contributed by atoms with Crippen molar-refractivity contribution in [1.29, 1.82) is 0 Å². The predicted octanol–water partition coefficient (Wildman–Crippen LogP) is 8.38. The highest BCUT2D eigenvalue weighted by Gasteiger charge is 2.50. The van der Waals surface area contributed by atoms with Crippen LogP contribution in [0.3, 0.4) is 0 Å². The molecule has 4 unspecified atom stereocenters. The molecule has 0 amide bonds. The summed E-state index contributed by atoms with van der Waals surface area (Å²) in [6.07, 6.45) is -1.99. The van der Waals surface area contributed by atoms with Gasteiger partial charge in [-0.05, 0) is 65.2 Å². The first-order valence-electron chi connectivity index (χ1n) is 18.3. The van der Waals surface area contributed by atoms with E-state index in [1.165, 1.54) is 0 Å². The highest BCUT2D eigenvalue weighted by Crippen LogP contribution is 2.61. The third-order valence-electron chi connectivity index (χ3n) is 10.3. The number of benzene rings is 6. The van der Waals surface area contributed by atoms with Crippen LogP contribution in [0.4, 0.5) is 0 Å². The van der Waals surface area contributed by atoms with Crippen LogP contribution in [0, 0.1) is 0 Å². The summed E-state index contributed by atoms with van der Waals surface area (Å²) in [4.78, 5) is 11.7. The number of ether oxygens (including phenoxy) is 2. The standard InChI is InChI=1S/C45H43O8P2/c1-45(2,31-19-23-35(24-20-31)50-27-33(46)29-54(48)43-17-9-5-13-39(43)37-11-3-7-15-41(37)52-54)32-21-25-36(26-22-32)51-28-34(47)30-55(49)44-18-10-6-14-40(44)38-12-4-8-16-42(38)53-55/h3-26,33-34,46-48H,27-30H2,1-2H3/q+1. The molecular formula is C45H43O8P2+. The van der Waals surface area contributed by atoms with Crippen LogP contribution in [-0.2, 0) is 9.98 Å². The number of para-hydroxylation sites is 2. The molecule has 4 atom stereocenters. The Balaban J connectivity index is 0.856. The maximum absolute atomic E-state index is 14.1. The summed E-state index contributed by atoms with van der Waals surface area (Å²) in [5.74, 6) is 2.36. The van der Waals surface area contributed by atoms with Gasteiger partial charge in [-0.15, -0.1) is 0 Å². The Morgan fingerprint density at radius 2 is 1.11 bits per heavy atom. The summed E-state index contributed by atoms with van der Waals surface area (Å²) >= 11 is 0. The molecular weight excluding hydrogens is 730 g/mol. The summed E-state index contributed by atoms with van der Waals surface area (Å²) in [5.41, 5.74) is 5.37. The van der Waals surface area contributed by atoms with Crippen LogP contribution in [0.5, 0.6) is 23.0 Å². The lowest BCUT2D eigenvalue weighted by molar-refractivity contribution is 0.122. The highest BCUT2D eigenvalue weighted by atomic mass is 31.2. The molecule has 0 spiro atoms. The van der Waals surface area contributed by atoms with Crippen LogP contribution >= 0.6 is 15.1 Å². The molecule has 0 aliphatic carbocycles. The Morgan fingerprint density at radius 1 is 0.618 bits per heavy atom. The quantitative estimate of drug-likeness (QED) is 0.106. The minimum Gasteiger partial charge on any atom is -0.491 e. The van der Waals surface area contributed by atoms with Crippen LogP contribution < -0.4 is 29.1 Å². The van der Waals surface area contributed by atoms with Gasteiger partial charge < -0.3 is 28.7 Å². The van der Waals surface area contributed by atoms with Gasteiger partial charge in [-0.3, -0.25) is 4.57 Å². The first-order valence-corrected chi connectivity index (χ1v) is 22.0. The highest BCUT2D eigenvalue weighted by molar-refractivity contribution is 7.74. The van der Waals surface area contributed by atoms with E-state index in [4.69, 9.17) is 18.5 Å². The molecule has 10 heteroatoms. The van der Waals surface area contributed by atoms with Gasteiger partial charge in [-0.25, -0.2) is 4.89 Å². The molecule has 0 aromatic heterocycles. The molecule has 6 aromatic carbocycles. The van der Waals surface area contributed by atoms with Crippen molar-refractivity contribution in [3.8, 4) is 45.3 Å². The fourth-order valence-electron chi connectivity index (χ4n) is 7.39. The molecule has 0 saturated heterocycles. The Morgan fingerprint density at radius 3 is 1.75 bits per heavy atom. The molecule has 2 heterocycles. The van der Waals surface area contributed by atoms with E-state index in [-0.39, 0.29) is 31.0 Å². The molecule has 280 valence electrons. The fraction of sp³-hybridized carbons (Fsp3) is 0.200. The van der Waals surface area contributed by atoms with Crippen molar-refractivity contribution in [2.24, 2.45) is 0 Å². The van der Waals surface area contributed by atoms with Crippen molar-refractivity contribution < 1.29 is 38.2 Å². The lowest BCUT2D eigenvalue weighted by Crippen LogP contribution is -2.32. The van der Waals surface area contributed by atoms with Gasteiger partial charge in [-0.2, -0.15) is 0 Å². The molecule has 2 aliphatic rings. The van der Waals surface area contributed by atoms with Crippen molar-refractivity contribution >= 4 is 25.7 Å². The van der Waals surface area contributed by atoms with E-state index in [0.717, 1.165) is 38.7 Å². The summed E-state index contributed by atoms with van der Waals surface area (Å²) in [5, 5.41) is 23.3. The average molecular weight is 774 g/mol. The molecule has 55 heavy (non-hydrogen) atoms. The Hall–Kier alpha value is -4.94. The molecule has 0 bridgehead atoms. The van der Waals surface area contributed by atoms with E-state index >= 15 is 0 Å². The van der Waals surface area contributed by atoms with E-state index in [1.54, 1.807) is 6.07 Å². The summed E-state index contributed by atoms with van der Waals surface area (Å²) in [7, 11) is -6.53. The largest absolute Gasteiger partial charge is 0.491 e. The number of rotatable bonds is 12. The molecule has 0 fully saturated rings. The van der Waals surface area contributed by atoms with E-state index in [9.17, 15) is 19.7 Å². The molecule has 2 aliphatic heterocycles.